The van der Waals surface area contributed by atoms with Crippen molar-refractivity contribution >= 4 is 23.6 Å². The zero-order valence-electron chi connectivity index (χ0n) is 15.1. The molecule has 1 N–H and O–H groups in total. The minimum atomic E-state index is -0.612. The fourth-order valence-electron chi connectivity index (χ4n) is 3.75. The molecule has 2 fully saturated rings. The lowest BCUT2D eigenvalue weighted by Crippen LogP contribution is -2.53. The summed E-state index contributed by atoms with van der Waals surface area (Å²) in [7, 11) is 0. The Bertz CT molecular complexity index is 708. The number of rotatable bonds is 2. The summed E-state index contributed by atoms with van der Waals surface area (Å²) in [5, 5.41) is 2.87. The van der Waals surface area contributed by atoms with Crippen molar-refractivity contribution in [3.8, 4) is 0 Å². The van der Waals surface area contributed by atoms with Crippen LogP contribution in [-0.2, 0) is 4.74 Å². The van der Waals surface area contributed by atoms with Gasteiger partial charge >= 0.3 is 6.09 Å². The van der Waals surface area contributed by atoms with E-state index in [1.165, 1.54) is 0 Å². The standard InChI is InChI=1S/C18H23ClFN3O3/c1-18(2,3)26-17(25)23-12-4-5-13(23)8-11(7-12)22-16(24)14-6-10(20)9-21-15(14)19/h6,9,11-13H,4-5,7-8H2,1-3H3,(H,22,24)/t11?,12-,13+. The van der Waals surface area contributed by atoms with Crippen molar-refractivity contribution in [1.29, 1.82) is 0 Å². The van der Waals surface area contributed by atoms with Gasteiger partial charge in [0.1, 0.15) is 16.6 Å². The quantitative estimate of drug-likeness (QED) is 0.793. The summed E-state index contributed by atoms with van der Waals surface area (Å²) in [5.41, 5.74) is -0.517. The number of hydrogen-bond acceptors (Lipinski definition) is 4. The second kappa shape index (κ2) is 7.02. The topological polar surface area (TPSA) is 71.5 Å². The van der Waals surface area contributed by atoms with Gasteiger partial charge in [0.05, 0.1) is 11.8 Å². The van der Waals surface area contributed by atoms with Gasteiger partial charge in [-0.25, -0.2) is 14.2 Å². The number of aromatic nitrogens is 1. The first-order chi connectivity index (χ1) is 12.1. The number of nitrogens with zero attached hydrogens (tertiary/aromatic N) is 2. The fraction of sp³-hybridized carbons (Fsp3) is 0.611. The number of ether oxygens (including phenoxy) is 1. The Morgan fingerprint density at radius 2 is 1.92 bits per heavy atom. The first kappa shape index (κ1) is 18.9. The monoisotopic (exact) mass is 383 g/mol. The average molecular weight is 384 g/mol. The summed E-state index contributed by atoms with van der Waals surface area (Å²) in [6.45, 7) is 5.53. The van der Waals surface area contributed by atoms with Gasteiger partial charge in [-0.05, 0) is 52.5 Å². The lowest BCUT2D eigenvalue weighted by molar-refractivity contribution is 0.00500. The molecule has 0 spiro atoms. The molecule has 1 aromatic heterocycles. The number of piperidine rings is 1. The van der Waals surface area contributed by atoms with Crippen LogP contribution in [0.2, 0.25) is 5.15 Å². The first-order valence-electron chi connectivity index (χ1n) is 8.77. The van der Waals surface area contributed by atoms with Gasteiger partial charge in [-0.2, -0.15) is 0 Å². The Morgan fingerprint density at radius 3 is 2.50 bits per heavy atom. The van der Waals surface area contributed by atoms with Crippen LogP contribution in [-0.4, -0.2) is 45.6 Å². The van der Waals surface area contributed by atoms with E-state index in [1.807, 2.05) is 25.7 Å². The maximum Gasteiger partial charge on any atom is 0.410 e. The molecule has 26 heavy (non-hydrogen) atoms. The molecule has 1 unspecified atom stereocenters. The highest BCUT2D eigenvalue weighted by molar-refractivity contribution is 6.32. The van der Waals surface area contributed by atoms with E-state index < -0.39 is 17.3 Å². The summed E-state index contributed by atoms with van der Waals surface area (Å²) in [6, 6.07) is 1.05. The third-order valence-corrected chi connectivity index (χ3v) is 5.02. The van der Waals surface area contributed by atoms with Gasteiger partial charge in [0.15, 0.2) is 0 Å². The van der Waals surface area contributed by atoms with Gasteiger partial charge < -0.3 is 15.0 Å². The van der Waals surface area contributed by atoms with Crippen LogP contribution in [0.1, 0.15) is 56.8 Å². The van der Waals surface area contributed by atoms with Gasteiger partial charge in [0, 0.05) is 18.1 Å². The van der Waals surface area contributed by atoms with Crippen LogP contribution in [0, 0.1) is 5.82 Å². The van der Waals surface area contributed by atoms with Gasteiger partial charge in [-0.3, -0.25) is 4.79 Å². The highest BCUT2D eigenvalue weighted by atomic mass is 35.5. The Balaban J connectivity index is 1.65. The van der Waals surface area contributed by atoms with E-state index in [1.54, 1.807) is 0 Å². The fourth-order valence-corrected chi connectivity index (χ4v) is 3.94. The SMILES string of the molecule is CC(C)(C)OC(=O)N1[C@@H]2CC[C@H]1CC(NC(=O)c1cc(F)cnc1Cl)C2. The van der Waals surface area contributed by atoms with E-state index >= 15 is 0 Å². The summed E-state index contributed by atoms with van der Waals surface area (Å²) < 4.78 is 18.8. The largest absolute Gasteiger partial charge is 0.444 e. The van der Waals surface area contributed by atoms with Crippen LogP contribution in [0.4, 0.5) is 9.18 Å². The van der Waals surface area contributed by atoms with E-state index in [0.29, 0.717) is 12.8 Å². The molecule has 1 aromatic rings. The lowest BCUT2D eigenvalue weighted by atomic mass is 9.97. The van der Waals surface area contributed by atoms with Gasteiger partial charge in [0.2, 0.25) is 0 Å². The Kier molecular flexibility index (Phi) is 5.10. The summed E-state index contributed by atoms with van der Waals surface area (Å²) in [4.78, 5) is 30.3. The predicted molar refractivity (Wildman–Crippen MR) is 94.6 cm³/mol. The maximum atomic E-state index is 13.3. The van der Waals surface area contributed by atoms with Crippen LogP contribution >= 0.6 is 11.6 Å². The number of fused-ring (bicyclic) bond motifs is 2. The van der Waals surface area contributed by atoms with E-state index in [9.17, 15) is 14.0 Å². The highest BCUT2D eigenvalue weighted by Crippen LogP contribution is 2.37. The van der Waals surface area contributed by atoms with Crippen molar-refractivity contribution in [3.05, 3.63) is 28.8 Å². The molecule has 8 heteroatoms. The van der Waals surface area contributed by atoms with E-state index in [4.69, 9.17) is 16.3 Å². The Morgan fingerprint density at radius 1 is 1.31 bits per heavy atom. The second-order valence-corrected chi connectivity index (χ2v) is 8.26. The molecule has 2 saturated heterocycles. The van der Waals surface area contributed by atoms with E-state index in [2.05, 4.69) is 10.3 Å². The van der Waals surface area contributed by atoms with E-state index in [0.717, 1.165) is 25.1 Å². The molecule has 0 saturated carbocycles. The number of pyridine rings is 1. The molecule has 142 valence electrons. The van der Waals surface area contributed by atoms with Crippen molar-refractivity contribution in [3.63, 3.8) is 0 Å². The van der Waals surface area contributed by atoms with Crippen LogP contribution in [0.15, 0.2) is 12.3 Å². The maximum absolute atomic E-state index is 13.3. The van der Waals surface area contributed by atoms with Crippen LogP contribution in [0.3, 0.4) is 0 Å². The van der Waals surface area contributed by atoms with Gasteiger partial charge in [-0.1, -0.05) is 11.6 Å². The molecule has 2 amide bonds. The lowest BCUT2D eigenvalue weighted by Gasteiger charge is -2.39. The number of hydrogen-bond donors (Lipinski definition) is 1. The summed E-state index contributed by atoms with van der Waals surface area (Å²) in [6.07, 6.45) is 3.73. The smallest absolute Gasteiger partial charge is 0.410 e. The predicted octanol–water partition coefficient (Wildman–Crippen LogP) is 3.53. The Labute approximate surface area is 157 Å². The average Bonchev–Trinajstić information content (AvgIpc) is 2.79. The van der Waals surface area contributed by atoms with Crippen LogP contribution < -0.4 is 5.32 Å². The molecule has 2 bridgehead atoms. The first-order valence-corrected chi connectivity index (χ1v) is 9.15. The number of amides is 2. The zero-order valence-corrected chi connectivity index (χ0v) is 15.8. The molecule has 0 aromatic carbocycles. The third-order valence-electron chi connectivity index (χ3n) is 4.72. The summed E-state index contributed by atoms with van der Waals surface area (Å²) >= 11 is 5.90. The number of nitrogens with one attached hydrogen (secondary N) is 1. The molecule has 6 nitrogen and oxygen atoms in total. The number of halogens is 2. The molecule has 0 aliphatic carbocycles. The van der Waals surface area contributed by atoms with E-state index in [-0.39, 0.29) is 34.9 Å². The minimum absolute atomic E-state index is 0.0218. The second-order valence-electron chi connectivity index (χ2n) is 7.91. The van der Waals surface area contributed by atoms with Crippen molar-refractivity contribution in [2.45, 2.75) is 70.2 Å². The molecule has 3 atom stereocenters. The van der Waals surface area contributed by atoms with Crippen molar-refractivity contribution in [2.75, 3.05) is 0 Å². The summed E-state index contributed by atoms with van der Waals surface area (Å²) in [5.74, 6) is -1.06. The minimum Gasteiger partial charge on any atom is -0.444 e. The molecule has 3 heterocycles. The molecular weight excluding hydrogens is 361 g/mol. The molecular formula is C18H23ClFN3O3. The van der Waals surface area contributed by atoms with Crippen LogP contribution in [0.5, 0.6) is 0 Å². The van der Waals surface area contributed by atoms with Gasteiger partial charge in [0.25, 0.3) is 5.91 Å². The third kappa shape index (κ3) is 4.09. The molecule has 2 aliphatic heterocycles. The zero-order chi connectivity index (χ0) is 19.1. The van der Waals surface area contributed by atoms with Crippen molar-refractivity contribution < 1.29 is 18.7 Å². The molecule has 0 radical (unpaired) electrons. The number of carbonyl (C=O) groups is 2. The molecule has 2 aliphatic rings. The van der Waals surface area contributed by atoms with Crippen molar-refractivity contribution in [1.82, 2.24) is 15.2 Å². The normalized spacial score (nSPS) is 25.1. The van der Waals surface area contributed by atoms with Crippen molar-refractivity contribution in [2.24, 2.45) is 0 Å². The molecule has 3 rings (SSSR count). The number of carbonyl (C=O) groups excluding carboxylic acids is 2. The van der Waals surface area contributed by atoms with Gasteiger partial charge in [-0.15, -0.1) is 0 Å². The van der Waals surface area contributed by atoms with Crippen LogP contribution in [0.25, 0.3) is 0 Å². The Hall–Kier alpha value is -1.89. The highest BCUT2D eigenvalue weighted by Gasteiger charge is 2.45.